The van der Waals surface area contributed by atoms with Crippen molar-refractivity contribution in [2.45, 2.75) is 39.7 Å². The molecular weight excluding hydrogens is 328 g/mol. The molecule has 1 fully saturated rings. The lowest BCUT2D eigenvalue weighted by molar-refractivity contribution is -0.133. The SMILES string of the molecule is Cc1ccc(CCC(=O)N2CCN(C(C)C)CC2)c(Br)c1. The monoisotopic (exact) mass is 352 g/mol. The molecule has 0 aliphatic carbocycles. The van der Waals surface area contributed by atoms with Crippen LogP contribution >= 0.6 is 15.9 Å². The lowest BCUT2D eigenvalue weighted by Crippen LogP contribution is -2.50. The summed E-state index contributed by atoms with van der Waals surface area (Å²) in [6, 6.07) is 6.90. The zero-order valence-corrected chi connectivity index (χ0v) is 14.8. The minimum absolute atomic E-state index is 0.283. The number of aryl methyl sites for hydroxylation is 2. The number of hydrogen-bond donors (Lipinski definition) is 0. The molecule has 3 nitrogen and oxygen atoms in total. The van der Waals surface area contributed by atoms with Gasteiger partial charge in [-0.25, -0.2) is 0 Å². The predicted molar refractivity (Wildman–Crippen MR) is 90.5 cm³/mol. The largest absolute Gasteiger partial charge is 0.340 e. The number of benzene rings is 1. The summed E-state index contributed by atoms with van der Waals surface area (Å²) >= 11 is 3.59. The number of rotatable bonds is 4. The highest BCUT2D eigenvalue weighted by molar-refractivity contribution is 9.10. The average molecular weight is 353 g/mol. The quantitative estimate of drug-likeness (QED) is 0.830. The van der Waals surface area contributed by atoms with E-state index in [2.05, 4.69) is 59.8 Å². The summed E-state index contributed by atoms with van der Waals surface area (Å²) in [6.45, 7) is 10.2. The van der Waals surface area contributed by atoms with Gasteiger partial charge in [0, 0.05) is 43.1 Å². The third-order valence-electron chi connectivity index (χ3n) is 4.21. The second-order valence-corrected chi connectivity index (χ2v) is 6.96. The van der Waals surface area contributed by atoms with E-state index in [9.17, 15) is 4.79 Å². The highest BCUT2D eigenvalue weighted by Gasteiger charge is 2.22. The summed E-state index contributed by atoms with van der Waals surface area (Å²) in [7, 11) is 0. The number of nitrogens with zero attached hydrogens (tertiary/aromatic N) is 2. The first-order chi connectivity index (χ1) is 9.97. The highest BCUT2D eigenvalue weighted by Crippen LogP contribution is 2.20. The van der Waals surface area contributed by atoms with E-state index in [0.29, 0.717) is 12.5 Å². The fourth-order valence-electron chi connectivity index (χ4n) is 2.74. The molecule has 1 saturated heterocycles. The number of hydrogen-bond acceptors (Lipinski definition) is 2. The van der Waals surface area contributed by atoms with Crippen molar-refractivity contribution in [2.24, 2.45) is 0 Å². The maximum Gasteiger partial charge on any atom is 0.222 e. The van der Waals surface area contributed by atoms with Crippen LogP contribution in [0.3, 0.4) is 0 Å². The van der Waals surface area contributed by atoms with E-state index in [1.807, 2.05) is 4.90 Å². The molecule has 0 saturated carbocycles. The van der Waals surface area contributed by atoms with Gasteiger partial charge in [-0.05, 0) is 44.4 Å². The maximum atomic E-state index is 12.3. The molecule has 1 aliphatic heterocycles. The van der Waals surface area contributed by atoms with Crippen LogP contribution in [0.5, 0.6) is 0 Å². The Bertz CT molecular complexity index is 494. The molecule has 0 bridgehead atoms. The molecule has 0 unspecified atom stereocenters. The van der Waals surface area contributed by atoms with E-state index < -0.39 is 0 Å². The Hall–Kier alpha value is -0.870. The topological polar surface area (TPSA) is 23.6 Å². The molecule has 1 amide bonds. The summed E-state index contributed by atoms with van der Waals surface area (Å²) < 4.78 is 1.11. The lowest BCUT2D eigenvalue weighted by atomic mass is 10.1. The first kappa shape index (κ1) is 16.5. The van der Waals surface area contributed by atoms with Gasteiger partial charge in [0.1, 0.15) is 0 Å². The average Bonchev–Trinajstić information content (AvgIpc) is 2.46. The van der Waals surface area contributed by atoms with Crippen molar-refractivity contribution in [1.29, 1.82) is 0 Å². The maximum absolute atomic E-state index is 12.3. The molecule has 21 heavy (non-hydrogen) atoms. The molecule has 4 heteroatoms. The third-order valence-corrected chi connectivity index (χ3v) is 4.95. The van der Waals surface area contributed by atoms with Gasteiger partial charge in [-0.3, -0.25) is 9.69 Å². The van der Waals surface area contributed by atoms with E-state index >= 15 is 0 Å². The van der Waals surface area contributed by atoms with Crippen molar-refractivity contribution in [3.05, 3.63) is 33.8 Å². The number of halogens is 1. The summed E-state index contributed by atoms with van der Waals surface area (Å²) in [5, 5.41) is 0. The fraction of sp³-hybridized carbons (Fsp3) is 0.588. The molecule has 0 atom stereocenters. The minimum Gasteiger partial charge on any atom is -0.340 e. The summed E-state index contributed by atoms with van der Waals surface area (Å²) in [4.78, 5) is 16.8. The summed E-state index contributed by atoms with van der Waals surface area (Å²) in [6.07, 6.45) is 1.41. The van der Waals surface area contributed by atoms with Gasteiger partial charge in [-0.15, -0.1) is 0 Å². The van der Waals surface area contributed by atoms with E-state index in [1.165, 1.54) is 11.1 Å². The Labute approximate surface area is 136 Å². The lowest BCUT2D eigenvalue weighted by Gasteiger charge is -2.37. The minimum atomic E-state index is 0.283. The molecular formula is C17H25BrN2O. The van der Waals surface area contributed by atoms with Crippen molar-refractivity contribution < 1.29 is 4.79 Å². The molecule has 1 aromatic rings. The van der Waals surface area contributed by atoms with Crippen LogP contribution in [0, 0.1) is 6.92 Å². The van der Waals surface area contributed by atoms with Gasteiger partial charge in [0.25, 0.3) is 0 Å². The Morgan fingerprint density at radius 1 is 1.24 bits per heavy atom. The van der Waals surface area contributed by atoms with E-state index in [-0.39, 0.29) is 5.91 Å². The molecule has 0 aromatic heterocycles. The summed E-state index contributed by atoms with van der Waals surface area (Å²) in [5.41, 5.74) is 2.46. The van der Waals surface area contributed by atoms with Crippen LogP contribution in [0.2, 0.25) is 0 Å². The molecule has 116 valence electrons. The van der Waals surface area contributed by atoms with Crippen LogP contribution in [0.4, 0.5) is 0 Å². The van der Waals surface area contributed by atoms with Crippen LogP contribution in [0.25, 0.3) is 0 Å². The number of carbonyl (C=O) groups excluding carboxylic acids is 1. The third kappa shape index (κ3) is 4.55. The van der Waals surface area contributed by atoms with Crippen molar-refractivity contribution in [2.75, 3.05) is 26.2 Å². The molecule has 0 radical (unpaired) electrons. The van der Waals surface area contributed by atoms with Crippen LogP contribution in [-0.4, -0.2) is 47.9 Å². The van der Waals surface area contributed by atoms with Gasteiger partial charge in [-0.1, -0.05) is 28.1 Å². The van der Waals surface area contributed by atoms with E-state index in [0.717, 1.165) is 37.1 Å². The Balaban J connectivity index is 1.82. The normalized spacial score (nSPS) is 16.5. The fourth-order valence-corrected chi connectivity index (χ4v) is 3.43. The molecule has 1 aromatic carbocycles. The summed E-state index contributed by atoms with van der Waals surface area (Å²) in [5.74, 6) is 0.283. The van der Waals surface area contributed by atoms with Crippen molar-refractivity contribution in [3.8, 4) is 0 Å². The first-order valence-corrected chi connectivity index (χ1v) is 8.53. The Morgan fingerprint density at radius 2 is 1.90 bits per heavy atom. The van der Waals surface area contributed by atoms with Gasteiger partial charge in [-0.2, -0.15) is 0 Å². The molecule has 1 heterocycles. The zero-order valence-electron chi connectivity index (χ0n) is 13.2. The second-order valence-electron chi connectivity index (χ2n) is 6.11. The van der Waals surface area contributed by atoms with Crippen molar-refractivity contribution in [3.63, 3.8) is 0 Å². The predicted octanol–water partition coefficient (Wildman–Crippen LogP) is 3.24. The van der Waals surface area contributed by atoms with E-state index in [4.69, 9.17) is 0 Å². The van der Waals surface area contributed by atoms with Crippen LogP contribution in [0.1, 0.15) is 31.4 Å². The van der Waals surface area contributed by atoms with Crippen LogP contribution in [-0.2, 0) is 11.2 Å². The van der Waals surface area contributed by atoms with Gasteiger partial charge in [0.05, 0.1) is 0 Å². The van der Waals surface area contributed by atoms with Gasteiger partial charge >= 0.3 is 0 Å². The molecule has 0 spiro atoms. The van der Waals surface area contributed by atoms with Gasteiger partial charge in [0.15, 0.2) is 0 Å². The molecule has 2 rings (SSSR count). The standard InChI is InChI=1S/C17H25BrN2O/c1-13(2)19-8-10-20(11-9-19)17(21)7-6-15-5-4-14(3)12-16(15)18/h4-5,12-13H,6-11H2,1-3H3. The number of piperazine rings is 1. The number of carbonyl (C=O) groups is 1. The first-order valence-electron chi connectivity index (χ1n) is 7.74. The van der Waals surface area contributed by atoms with Crippen molar-refractivity contribution in [1.82, 2.24) is 9.80 Å². The Morgan fingerprint density at radius 3 is 2.48 bits per heavy atom. The van der Waals surface area contributed by atoms with Gasteiger partial charge < -0.3 is 4.90 Å². The van der Waals surface area contributed by atoms with Gasteiger partial charge in [0.2, 0.25) is 5.91 Å². The van der Waals surface area contributed by atoms with Crippen molar-refractivity contribution >= 4 is 21.8 Å². The Kier molecular flexibility index (Phi) is 5.82. The second kappa shape index (κ2) is 7.41. The molecule has 1 aliphatic rings. The zero-order chi connectivity index (χ0) is 15.4. The smallest absolute Gasteiger partial charge is 0.222 e. The highest BCUT2D eigenvalue weighted by atomic mass is 79.9. The molecule has 0 N–H and O–H groups in total. The van der Waals surface area contributed by atoms with Crippen LogP contribution in [0.15, 0.2) is 22.7 Å². The van der Waals surface area contributed by atoms with E-state index in [1.54, 1.807) is 0 Å². The number of amides is 1. The van der Waals surface area contributed by atoms with Crippen LogP contribution < -0.4 is 0 Å².